The van der Waals surface area contributed by atoms with E-state index in [4.69, 9.17) is 5.73 Å². The summed E-state index contributed by atoms with van der Waals surface area (Å²) in [7, 11) is 1.83. The maximum Gasteiger partial charge on any atom is 0.292 e. The molecule has 0 atom stereocenters. The van der Waals surface area contributed by atoms with Crippen molar-refractivity contribution in [2.75, 3.05) is 16.1 Å². The van der Waals surface area contributed by atoms with Crippen LogP contribution in [0.3, 0.4) is 0 Å². The summed E-state index contributed by atoms with van der Waals surface area (Å²) < 4.78 is 3.42. The first-order valence-electron chi connectivity index (χ1n) is 6.57. The van der Waals surface area contributed by atoms with Crippen molar-refractivity contribution in [3.05, 3.63) is 36.9 Å². The molecule has 0 aliphatic rings. The lowest BCUT2D eigenvalue weighted by atomic mass is 10.2. The third-order valence-corrected chi connectivity index (χ3v) is 2.95. The number of hydrogen-bond acceptors (Lipinski definition) is 4. The van der Waals surface area contributed by atoms with Crippen molar-refractivity contribution in [1.82, 2.24) is 4.57 Å². The molecular weight excluding hydrogens is 322 g/mol. The fraction of sp³-hybridized carbons (Fsp3) is 0.214. The summed E-state index contributed by atoms with van der Waals surface area (Å²) in [6.45, 7) is 1.35. The molecule has 0 bridgehead atoms. The number of aromatic nitrogens is 2. The zero-order valence-corrected chi connectivity index (χ0v) is 13.5. The average Bonchev–Trinajstić information content (AvgIpc) is 2.82. The maximum atomic E-state index is 12.1. The zero-order chi connectivity index (χ0) is 16.3. The van der Waals surface area contributed by atoms with Gasteiger partial charge >= 0.3 is 0 Å². The van der Waals surface area contributed by atoms with Gasteiger partial charge in [0, 0.05) is 12.6 Å². The van der Waals surface area contributed by atoms with Crippen molar-refractivity contribution in [2.24, 2.45) is 7.05 Å². The van der Waals surface area contributed by atoms with E-state index in [0.29, 0.717) is 10.8 Å². The Morgan fingerprint density at radius 3 is 2.65 bits per heavy atom. The predicted octanol–water partition coefficient (Wildman–Crippen LogP) is -2.72. The van der Waals surface area contributed by atoms with Crippen LogP contribution >= 0.6 is 0 Å². The maximum absolute atomic E-state index is 12.1. The Balaban J connectivity index is 0.00000264. The van der Waals surface area contributed by atoms with E-state index in [0.717, 1.165) is 0 Å². The van der Waals surface area contributed by atoms with Gasteiger partial charge < -0.3 is 23.5 Å². The molecule has 2 amide bonds. The number of carbonyl (C=O) groups excluding carboxylic acids is 2. The van der Waals surface area contributed by atoms with Gasteiger partial charge in [-0.05, 0) is 18.2 Å². The highest BCUT2D eigenvalue weighted by Crippen LogP contribution is 2.25. The first-order valence-corrected chi connectivity index (χ1v) is 6.57. The van der Waals surface area contributed by atoms with Crippen molar-refractivity contribution in [3.8, 4) is 0 Å². The number of nitrogens with two attached hydrogens (primary N) is 1. The molecule has 1 heterocycles. The Labute approximate surface area is 139 Å². The van der Waals surface area contributed by atoms with E-state index in [1.54, 1.807) is 33.9 Å². The topological polar surface area (TPSA) is 104 Å². The van der Waals surface area contributed by atoms with E-state index in [9.17, 15) is 14.8 Å². The van der Waals surface area contributed by atoms with Gasteiger partial charge in [-0.15, -0.1) is 0 Å². The second kappa shape index (κ2) is 7.61. The van der Waals surface area contributed by atoms with E-state index in [1.807, 2.05) is 7.05 Å². The molecule has 8 nitrogen and oxygen atoms in total. The summed E-state index contributed by atoms with van der Waals surface area (Å²) in [5.74, 6) is -0.764. The van der Waals surface area contributed by atoms with Gasteiger partial charge in [-0.2, -0.15) is 5.06 Å². The Kier molecular flexibility index (Phi) is 6.11. The lowest BCUT2D eigenvalue weighted by Crippen LogP contribution is -3.00. The van der Waals surface area contributed by atoms with Gasteiger partial charge in [0.2, 0.25) is 12.2 Å². The number of nitrogens with zero attached hydrogens (tertiary/aromatic N) is 3. The van der Waals surface area contributed by atoms with Crippen LogP contribution in [-0.2, 0) is 23.2 Å². The fourth-order valence-electron chi connectivity index (χ4n) is 1.98. The second-order valence-corrected chi connectivity index (χ2v) is 4.91. The molecule has 1 aromatic heterocycles. The van der Waals surface area contributed by atoms with Crippen LogP contribution < -0.4 is 33.1 Å². The minimum absolute atomic E-state index is 0. The Morgan fingerprint density at radius 1 is 1.43 bits per heavy atom. The van der Waals surface area contributed by atoms with Gasteiger partial charge in [-0.1, -0.05) is 0 Å². The van der Waals surface area contributed by atoms with Crippen molar-refractivity contribution >= 4 is 28.9 Å². The van der Waals surface area contributed by atoms with Crippen molar-refractivity contribution in [1.29, 1.82) is 0 Å². The van der Waals surface area contributed by atoms with Gasteiger partial charge in [-0.25, -0.2) is 9.13 Å². The minimum Gasteiger partial charge on any atom is -1.00 e. The Hall–Kier alpha value is -2.58. The molecule has 0 saturated heterocycles. The average molecular weight is 340 g/mol. The summed E-state index contributed by atoms with van der Waals surface area (Å²) in [5.41, 5.74) is 6.65. The molecule has 0 spiro atoms. The molecule has 0 aliphatic carbocycles. The summed E-state index contributed by atoms with van der Waals surface area (Å²) in [5, 5.41) is 13.1. The first-order chi connectivity index (χ1) is 10.4. The summed E-state index contributed by atoms with van der Waals surface area (Å²) >= 11 is 0. The molecule has 23 heavy (non-hydrogen) atoms. The summed E-state index contributed by atoms with van der Waals surface area (Å²) in [4.78, 5) is 23.0. The number of anilines is 3. The number of carbonyl (C=O) groups is 2. The van der Waals surface area contributed by atoms with Crippen LogP contribution in [0.25, 0.3) is 0 Å². The number of amides is 2. The fourth-order valence-corrected chi connectivity index (χ4v) is 1.98. The molecule has 0 radical (unpaired) electrons. The smallest absolute Gasteiger partial charge is 0.292 e. The molecule has 2 rings (SSSR count). The molecule has 0 saturated carbocycles. The quantitative estimate of drug-likeness (QED) is 0.244. The number of imidazole rings is 1. The van der Waals surface area contributed by atoms with E-state index in [1.165, 1.54) is 19.1 Å². The van der Waals surface area contributed by atoms with Crippen LogP contribution in [0, 0.1) is 0 Å². The van der Waals surface area contributed by atoms with E-state index in [2.05, 4.69) is 5.32 Å². The van der Waals surface area contributed by atoms with Crippen molar-refractivity contribution in [3.63, 3.8) is 0 Å². The Bertz CT molecular complexity index is 716. The highest BCUT2D eigenvalue weighted by molar-refractivity contribution is 5.95. The number of halogens is 1. The van der Waals surface area contributed by atoms with Gasteiger partial charge in [0.05, 0.1) is 18.4 Å². The third-order valence-electron chi connectivity index (χ3n) is 2.95. The largest absolute Gasteiger partial charge is 1.00 e. The van der Waals surface area contributed by atoms with Gasteiger partial charge in [0.25, 0.3) is 5.91 Å². The van der Waals surface area contributed by atoms with E-state index >= 15 is 0 Å². The number of aryl methyl sites for hydroxylation is 1. The number of hydrogen-bond donors (Lipinski definition) is 3. The van der Waals surface area contributed by atoms with Gasteiger partial charge in [0.15, 0.2) is 6.54 Å². The summed E-state index contributed by atoms with van der Waals surface area (Å²) in [6, 6.07) is 4.50. The highest BCUT2D eigenvalue weighted by atomic mass is 35.5. The van der Waals surface area contributed by atoms with Crippen LogP contribution in [0.5, 0.6) is 0 Å². The van der Waals surface area contributed by atoms with Crippen LogP contribution in [-0.4, -0.2) is 21.6 Å². The highest BCUT2D eigenvalue weighted by Gasteiger charge is 2.19. The van der Waals surface area contributed by atoms with Crippen molar-refractivity contribution in [2.45, 2.75) is 13.5 Å². The summed E-state index contributed by atoms with van der Waals surface area (Å²) in [6.07, 6.45) is 5.22. The molecule has 0 fully saturated rings. The molecule has 2 aromatic rings. The number of nitrogen functional groups attached to an aromatic ring is 1. The first kappa shape index (κ1) is 18.5. The van der Waals surface area contributed by atoms with Crippen LogP contribution in [0.2, 0.25) is 0 Å². The number of benzene rings is 1. The van der Waals surface area contributed by atoms with Crippen LogP contribution in [0.4, 0.5) is 17.1 Å². The minimum atomic E-state index is -0.532. The van der Waals surface area contributed by atoms with Crippen LogP contribution in [0.15, 0.2) is 36.9 Å². The standard InChI is InChI=1S/C14H17N5O3.ClH/c1-10(20)16-11-3-4-13(12(15)7-11)19(22)14(21)8-18-6-5-17(2)9-18;/h3-7,9,22H,8,15H2,1-2H3;1H. The van der Waals surface area contributed by atoms with Crippen LogP contribution in [0.1, 0.15) is 6.92 Å². The Morgan fingerprint density at radius 2 is 2.13 bits per heavy atom. The number of nitrogens with one attached hydrogen (secondary N) is 1. The van der Waals surface area contributed by atoms with Gasteiger partial charge in [-0.3, -0.25) is 14.8 Å². The molecule has 0 aliphatic heterocycles. The molecular formula is C14H18ClN5O3. The molecule has 9 heteroatoms. The number of hydroxylamine groups is 1. The lowest BCUT2D eigenvalue weighted by Gasteiger charge is -2.16. The predicted molar refractivity (Wildman–Crippen MR) is 80.0 cm³/mol. The number of rotatable bonds is 4. The lowest BCUT2D eigenvalue weighted by molar-refractivity contribution is -0.671. The molecule has 4 N–H and O–H groups in total. The normalized spacial score (nSPS) is 9.87. The van der Waals surface area contributed by atoms with E-state index < -0.39 is 5.91 Å². The second-order valence-electron chi connectivity index (χ2n) is 4.91. The van der Waals surface area contributed by atoms with Crippen molar-refractivity contribution < 1.29 is 31.8 Å². The van der Waals surface area contributed by atoms with Gasteiger partial charge in [0.1, 0.15) is 12.4 Å². The molecule has 1 aromatic carbocycles. The monoisotopic (exact) mass is 339 g/mol. The van der Waals surface area contributed by atoms with E-state index in [-0.39, 0.29) is 36.2 Å². The molecule has 124 valence electrons. The zero-order valence-electron chi connectivity index (χ0n) is 12.7. The molecule has 0 unspecified atom stereocenters. The SMILES string of the molecule is CC(=O)Nc1ccc(N(O)C(=O)Cn2cc[n+](C)c2)c(N)c1.[Cl-]. The third kappa shape index (κ3) is 4.70.